The van der Waals surface area contributed by atoms with Crippen molar-refractivity contribution in [2.24, 2.45) is 11.3 Å². The first-order valence-corrected chi connectivity index (χ1v) is 8.02. The second kappa shape index (κ2) is 5.03. The highest BCUT2D eigenvalue weighted by Crippen LogP contribution is 2.50. The molecule has 1 amide bonds. The van der Waals surface area contributed by atoms with Gasteiger partial charge in [-0.05, 0) is 51.4 Å². The molecule has 0 radical (unpaired) electrons. The molecule has 1 aliphatic carbocycles. The lowest BCUT2D eigenvalue weighted by Gasteiger charge is -2.31. The van der Waals surface area contributed by atoms with Crippen LogP contribution in [0, 0.1) is 11.3 Å². The number of carbonyl (C=O) groups is 1. The summed E-state index contributed by atoms with van der Waals surface area (Å²) in [6.45, 7) is 7.52. The number of nitrogens with zero attached hydrogens (tertiary/aromatic N) is 1. The van der Waals surface area contributed by atoms with Gasteiger partial charge in [0.2, 0.25) is 0 Å². The molecule has 0 aromatic carbocycles. The fourth-order valence-corrected chi connectivity index (χ4v) is 4.38. The van der Waals surface area contributed by atoms with Gasteiger partial charge in [-0.15, -0.1) is 0 Å². The average Bonchev–Trinajstić information content (AvgIpc) is 2.84. The topological polar surface area (TPSA) is 29.5 Å². The Bertz CT molecular complexity index is 326. The van der Waals surface area contributed by atoms with E-state index in [1.54, 1.807) is 0 Å². The second-order valence-corrected chi connectivity index (χ2v) is 7.41. The molecule has 4 heteroatoms. The van der Waals surface area contributed by atoms with Gasteiger partial charge in [0.05, 0.1) is 0 Å². The predicted octanol–water partition coefficient (Wildman–Crippen LogP) is 3.81. The highest BCUT2D eigenvalue weighted by molar-refractivity contribution is 9.09. The van der Waals surface area contributed by atoms with Crippen LogP contribution >= 0.6 is 15.9 Å². The monoisotopic (exact) mass is 317 g/mol. The first-order valence-electron chi connectivity index (χ1n) is 6.90. The summed E-state index contributed by atoms with van der Waals surface area (Å²) in [5.74, 6) is 0.727. The molecular formula is C14H24BrNO2. The van der Waals surface area contributed by atoms with Gasteiger partial charge in [0.15, 0.2) is 0 Å². The maximum Gasteiger partial charge on any atom is 0.410 e. The van der Waals surface area contributed by atoms with Gasteiger partial charge in [0, 0.05) is 18.4 Å². The lowest BCUT2D eigenvalue weighted by atomic mass is 9.78. The van der Waals surface area contributed by atoms with E-state index >= 15 is 0 Å². The molecule has 0 N–H and O–H groups in total. The van der Waals surface area contributed by atoms with E-state index in [4.69, 9.17) is 4.74 Å². The summed E-state index contributed by atoms with van der Waals surface area (Å²) >= 11 is 3.63. The summed E-state index contributed by atoms with van der Waals surface area (Å²) in [6.07, 6.45) is 4.87. The van der Waals surface area contributed by atoms with Crippen molar-refractivity contribution in [3.63, 3.8) is 0 Å². The van der Waals surface area contributed by atoms with Crippen LogP contribution in [0.15, 0.2) is 0 Å². The Kier molecular flexibility index (Phi) is 3.96. The van der Waals surface area contributed by atoms with Gasteiger partial charge in [0.1, 0.15) is 5.60 Å². The molecule has 0 aromatic rings. The second-order valence-electron chi connectivity index (χ2n) is 6.76. The number of rotatable bonds is 1. The highest BCUT2D eigenvalue weighted by atomic mass is 79.9. The van der Waals surface area contributed by atoms with E-state index in [1.807, 2.05) is 25.7 Å². The maximum atomic E-state index is 12.1. The Morgan fingerprint density at radius 2 is 2.17 bits per heavy atom. The lowest BCUT2D eigenvalue weighted by molar-refractivity contribution is 0.0265. The van der Waals surface area contributed by atoms with E-state index < -0.39 is 5.60 Å². The van der Waals surface area contributed by atoms with Gasteiger partial charge < -0.3 is 9.64 Å². The molecule has 2 unspecified atom stereocenters. The first kappa shape index (κ1) is 14.2. The number of alkyl halides is 1. The Morgan fingerprint density at radius 3 is 2.78 bits per heavy atom. The van der Waals surface area contributed by atoms with Crippen molar-refractivity contribution >= 4 is 22.0 Å². The van der Waals surface area contributed by atoms with Gasteiger partial charge in [-0.25, -0.2) is 4.79 Å². The van der Waals surface area contributed by atoms with E-state index in [9.17, 15) is 4.79 Å². The third-order valence-corrected chi connectivity index (χ3v) is 5.10. The van der Waals surface area contributed by atoms with Crippen LogP contribution < -0.4 is 0 Å². The number of hydrogen-bond donors (Lipinski definition) is 0. The smallest absolute Gasteiger partial charge is 0.410 e. The zero-order chi connectivity index (χ0) is 13.4. The molecule has 1 aliphatic heterocycles. The molecule has 0 aromatic heterocycles. The van der Waals surface area contributed by atoms with Crippen LogP contribution in [-0.4, -0.2) is 35.0 Å². The summed E-state index contributed by atoms with van der Waals surface area (Å²) in [6, 6.07) is 0. The minimum Gasteiger partial charge on any atom is -0.444 e. The molecule has 2 atom stereocenters. The van der Waals surface area contributed by atoms with E-state index in [-0.39, 0.29) is 6.09 Å². The average molecular weight is 318 g/mol. The Labute approximate surface area is 118 Å². The summed E-state index contributed by atoms with van der Waals surface area (Å²) in [4.78, 5) is 14.0. The zero-order valence-electron chi connectivity index (χ0n) is 11.7. The Balaban J connectivity index is 1.98. The van der Waals surface area contributed by atoms with Crippen molar-refractivity contribution in [2.75, 3.05) is 18.4 Å². The van der Waals surface area contributed by atoms with Crippen LogP contribution in [0.25, 0.3) is 0 Å². The van der Waals surface area contributed by atoms with Crippen LogP contribution in [0.2, 0.25) is 0 Å². The molecular weight excluding hydrogens is 294 g/mol. The lowest BCUT2D eigenvalue weighted by Crippen LogP contribution is -2.38. The molecule has 0 bridgehead atoms. The van der Waals surface area contributed by atoms with E-state index in [0.29, 0.717) is 5.41 Å². The maximum absolute atomic E-state index is 12.1. The van der Waals surface area contributed by atoms with Crippen LogP contribution in [0.1, 0.15) is 46.5 Å². The van der Waals surface area contributed by atoms with E-state index in [0.717, 1.165) is 30.8 Å². The quantitative estimate of drug-likeness (QED) is 0.688. The third-order valence-electron chi connectivity index (χ3n) is 4.32. The van der Waals surface area contributed by atoms with Crippen molar-refractivity contribution < 1.29 is 9.53 Å². The van der Waals surface area contributed by atoms with Crippen LogP contribution in [0.3, 0.4) is 0 Å². The Hall–Kier alpha value is -0.250. The fourth-order valence-electron chi connectivity index (χ4n) is 3.37. The number of likely N-dealkylation sites (tertiary alicyclic amines) is 1. The molecule has 104 valence electrons. The number of hydrogen-bond acceptors (Lipinski definition) is 2. The van der Waals surface area contributed by atoms with Crippen LogP contribution in [-0.2, 0) is 4.74 Å². The Morgan fingerprint density at radius 1 is 1.44 bits per heavy atom. The fraction of sp³-hybridized carbons (Fsp3) is 0.929. The number of halogens is 1. The minimum atomic E-state index is -0.392. The largest absolute Gasteiger partial charge is 0.444 e. The van der Waals surface area contributed by atoms with Crippen molar-refractivity contribution in [2.45, 2.75) is 52.1 Å². The molecule has 18 heavy (non-hydrogen) atoms. The van der Waals surface area contributed by atoms with Crippen molar-refractivity contribution in [1.29, 1.82) is 0 Å². The minimum absolute atomic E-state index is 0.139. The van der Waals surface area contributed by atoms with Gasteiger partial charge >= 0.3 is 6.09 Å². The van der Waals surface area contributed by atoms with Gasteiger partial charge in [0.25, 0.3) is 0 Å². The summed E-state index contributed by atoms with van der Waals surface area (Å²) < 4.78 is 5.47. The van der Waals surface area contributed by atoms with Gasteiger partial charge in [-0.2, -0.15) is 0 Å². The van der Waals surface area contributed by atoms with Crippen molar-refractivity contribution in [3.05, 3.63) is 0 Å². The number of ether oxygens (including phenoxy) is 1. The van der Waals surface area contributed by atoms with E-state index in [1.165, 1.54) is 19.3 Å². The van der Waals surface area contributed by atoms with Gasteiger partial charge in [-0.3, -0.25) is 0 Å². The third kappa shape index (κ3) is 2.84. The molecule has 1 saturated heterocycles. The molecule has 1 spiro atoms. The van der Waals surface area contributed by atoms with Crippen molar-refractivity contribution in [1.82, 2.24) is 4.90 Å². The van der Waals surface area contributed by atoms with Gasteiger partial charge in [-0.1, -0.05) is 22.4 Å². The van der Waals surface area contributed by atoms with Crippen LogP contribution in [0.5, 0.6) is 0 Å². The molecule has 1 saturated carbocycles. The normalized spacial score (nSPS) is 32.2. The number of amides is 1. The molecule has 2 aliphatic rings. The zero-order valence-corrected chi connectivity index (χ0v) is 13.3. The number of carbonyl (C=O) groups excluding carboxylic acids is 1. The first-order chi connectivity index (χ1) is 8.36. The summed E-state index contributed by atoms with van der Waals surface area (Å²) in [5.41, 5.74) is -0.0300. The summed E-state index contributed by atoms with van der Waals surface area (Å²) in [5, 5.41) is 1.06. The summed E-state index contributed by atoms with van der Waals surface area (Å²) in [7, 11) is 0. The highest BCUT2D eigenvalue weighted by Gasteiger charge is 2.48. The molecule has 2 fully saturated rings. The molecule has 1 heterocycles. The standard InChI is InChI=1S/C14H24BrNO2/c1-13(2,3)18-12(17)16-8-7-14(10-16)6-4-5-11(14)9-15/h11H,4-10H2,1-3H3. The molecule has 3 nitrogen and oxygen atoms in total. The van der Waals surface area contributed by atoms with Crippen molar-refractivity contribution in [3.8, 4) is 0 Å². The van der Waals surface area contributed by atoms with E-state index in [2.05, 4.69) is 15.9 Å². The molecule has 2 rings (SSSR count). The SMILES string of the molecule is CC(C)(C)OC(=O)N1CCC2(CCCC2CBr)C1. The predicted molar refractivity (Wildman–Crippen MR) is 76.0 cm³/mol. The van der Waals surface area contributed by atoms with Crippen LogP contribution in [0.4, 0.5) is 4.79 Å².